The van der Waals surface area contributed by atoms with E-state index in [-0.39, 0.29) is 10.8 Å². The molecule has 1 N–H and O–H groups in total. The lowest BCUT2D eigenvalue weighted by atomic mass is 10.0. The first-order chi connectivity index (χ1) is 11.3. The summed E-state index contributed by atoms with van der Waals surface area (Å²) < 4.78 is 27.8. The summed E-state index contributed by atoms with van der Waals surface area (Å²) in [6.07, 6.45) is 1.06. The van der Waals surface area contributed by atoms with Crippen LogP contribution in [0.3, 0.4) is 0 Å². The van der Waals surface area contributed by atoms with Crippen molar-refractivity contribution in [3.8, 4) is 0 Å². The maximum absolute atomic E-state index is 12.6. The molecule has 0 aliphatic carbocycles. The highest BCUT2D eigenvalue weighted by Crippen LogP contribution is 2.30. The van der Waals surface area contributed by atoms with E-state index in [1.54, 1.807) is 48.3 Å². The van der Waals surface area contributed by atoms with Gasteiger partial charge in [0.15, 0.2) is 0 Å². The van der Waals surface area contributed by atoms with E-state index in [1.165, 1.54) is 0 Å². The molecule has 1 heterocycles. The van der Waals surface area contributed by atoms with Gasteiger partial charge in [0, 0.05) is 24.8 Å². The Morgan fingerprint density at radius 3 is 2.46 bits per heavy atom. The molecular weight excluding hydrogens is 324 g/mol. The molecule has 0 bridgehead atoms. The van der Waals surface area contributed by atoms with Crippen LogP contribution in [0, 0.1) is 13.8 Å². The van der Waals surface area contributed by atoms with Gasteiger partial charge in [0.25, 0.3) is 10.0 Å². The Bertz CT molecular complexity index is 920. The molecule has 2 aromatic carbocycles. The van der Waals surface area contributed by atoms with E-state index in [0.29, 0.717) is 18.5 Å². The number of amides is 1. The van der Waals surface area contributed by atoms with Gasteiger partial charge >= 0.3 is 0 Å². The highest BCUT2D eigenvalue weighted by atomic mass is 32.2. The molecule has 1 aliphatic heterocycles. The summed E-state index contributed by atoms with van der Waals surface area (Å²) in [5.41, 5.74) is 4.30. The van der Waals surface area contributed by atoms with E-state index in [1.807, 2.05) is 13.8 Å². The van der Waals surface area contributed by atoms with E-state index in [2.05, 4.69) is 4.72 Å². The number of anilines is 2. The Morgan fingerprint density at radius 1 is 1.00 bits per heavy atom. The molecule has 0 saturated heterocycles. The largest absolute Gasteiger partial charge is 0.315 e. The molecule has 0 fully saturated rings. The molecule has 0 saturated carbocycles. The Labute approximate surface area is 142 Å². The average molecular weight is 344 g/mol. The standard InChI is InChI=1S/C18H20N2O3S/c1-12-4-7-16(10-13(12)2)24(22,23)19-15-6-8-17-14(11-15)5-9-18(21)20(17)3/h4,6-8,10-11,19H,5,9H2,1-3H3. The molecule has 0 spiro atoms. The summed E-state index contributed by atoms with van der Waals surface area (Å²) in [5.74, 6) is 0.0750. The molecule has 1 amide bonds. The van der Waals surface area contributed by atoms with Crippen molar-refractivity contribution in [3.63, 3.8) is 0 Å². The van der Waals surface area contributed by atoms with Gasteiger partial charge in [-0.05, 0) is 67.3 Å². The second kappa shape index (κ2) is 5.94. The summed E-state index contributed by atoms with van der Waals surface area (Å²) >= 11 is 0. The zero-order chi connectivity index (χ0) is 17.5. The van der Waals surface area contributed by atoms with Gasteiger partial charge in [-0.15, -0.1) is 0 Å². The quantitative estimate of drug-likeness (QED) is 0.931. The van der Waals surface area contributed by atoms with Gasteiger partial charge in [-0.1, -0.05) is 6.07 Å². The predicted octanol–water partition coefficient (Wildman–Crippen LogP) is 3.01. The summed E-state index contributed by atoms with van der Waals surface area (Å²) in [4.78, 5) is 13.6. The highest BCUT2D eigenvalue weighted by molar-refractivity contribution is 7.92. The Hall–Kier alpha value is -2.34. The highest BCUT2D eigenvalue weighted by Gasteiger charge is 2.22. The fourth-order valence-electron chi connectivity index (χ4n) is 2.82. The van der Waals surface area contributed by atoms with Crippen LogP contribution in [-0.4, -0.2) is 21.4 Å². The smallest absolute Gasteiger partial charge is 0.261 e. The summed E-state index contributed by atoms with van der Waals surface area (Å²) in [5, 5.41) is 0. The van der Waals surface area contributed by atoms with Crippen LogP contribution in [0.15, 0.2) is 41.3 Å². The van der Waals surface area contributed by atoms with Gasteiger partial charge in [0.2, 0.25) is 5.91 Å². The summed E-state index contributed by atoms with van der Waals surface area (Å²) in [6, 6.07) is 10.4. The summed E-state index contributed by atoms with van der Waals surface area (Å²) in [7, 11) is -1.90. The minimum atomic E-state index is -3.63. The molecule has 0 aromatic heterocycles. The van der Waals surface area contributed by atoms with Crippen LogP contribution in [0.2, 0.25) is 0 Å². The number of nitrogens with one attached hydrogen (secondary N) is 1. The van der Waals surface area contributed by atoms with Crippen molar-refractivity contribution in [1.29, 1.82) is 0 Å². The Balaban J connectivity index is 1.90. The monoisotopic (exact) mass is 344 g/mol. The van der Waals surface area contributed by atoms with Gasteiger partial charge in [-0.3, -0.25) is 9.52 Å². The van der Waals surface area contributed by atoms with E-state index in [0.717, 1.165) is 22.4 Å². The molecule has 6 heteroatoms. The second-order valence-corrected chi connectivity index (χ2v) is 7.83. The number of rotatable bonds is 3. The maximum Gasteiger partial charge on any atom is 0.261 e. The zero-order valence-corrected chi connectivity index (χ0v) is 14.8. The van der Waals surface area contributed by atoms with Crippen LogP contribution in [-0.2, 0) is 21.2 Å². The minimum absolute atomic E-state index is 0.0750. The van der Waals surface area contributed by atoms with Crippen LogP contribution in [0.1, 0.15) is 23.1 Å². The molecule has 126 valence electrons. The molecule has 0 radical (unpaired) electrons. The van der Waals surface area contributed by atoms with Crippen LogP contribution in [0.25, 0.3) is 0 Å². The van der Waals surface area contributed by atoms with Crippen molar-refractivity contribution in [2.24, 2.45) is 0 Å². The van der Waals surface area contributed by atoms with Gasteiger partial charge < -0.3 is 4.90 Å². The van der Waals surface area contributed by atoms with E-state index in [4.69, 9.17) is 0 Å². The number of sulfonamides is 1. The predicted molar refractivity (Wildman–Crippen MR) is 94.9 cm³/mol. The molecular formula is C18H20N2O3S. The number of hydrogen-bond donors (Lipinski definition) is 1. The van der Waals surface area contributed by atoms with Crippen LogP contribution in [0.4, 0.5) is 11.4 Å². The molecule has 0 unspecified atom stereocenters. The first kappa shape index (κ1) is 16.5. The van der Waals surface area contributed by atoms with Crippen molar-refractivity contribution in [2.45, 2.75) is 31.6 Å². The van der Waals surface area contributed by atoms with Crippen molar-refractivity contribution >= 4 is 27.3 Å². The lowest BCUT2D eigenvalue weighted by Crippen LogP contribution is -2.31. The normalized spacial score (nSPS) is 14.5. The first-order valence-corrected chi connectivity index (χ1v) is 9.26. The van der Waals surface area contributed by atoms with Crippen molar-refractivity contribution < 1.29 is 13.2 Å². The zero-order valence-electron chi connectivity index (χ0n) is 14.0. The Kier molecular flexibility index (Phi) is 4.09. The lowest BCUT2D eigenvalue weighted by Gasteiger charge is -2.26. The average Bonchev–Trinajstić information content (AvgIpc) is 2.53. The van der Waals surface area contributed by atoms with Gasteiger partial charge in [0.1, 0.15) is 0 Å². The van der Waals surface area contributed by atoms with E-state index < -0.39 is 10.0 Å². The second-order valence-electron chi connectivity index (χ2n) is 6.15. The Morgan fingerprint density at radius 2 is 1.75 bits per heavy atom. The van der Waals surface area contributed by atoms with Gasteiger partial charge in [-0.2, -0.15) is 0 Å². The minimum Gasteiger partial charge on any atom is -0.315 e. The molecule has 0 atom stereocenters. The first-order valence-electron chi connectivity index (χ1n) is 7.77. The number of carbonyl (C=O) groups is 1. The number of hydrogen-bond acceptors (Lipinski definition) is 3. The third-order valence-electron chi connectivity index (χ3n) is 4.46. The van der Waals surface area contributed by atoms with Crippen LogP contribution >= 0.6 is 0 Å². The number of nitrogens with zero attached hydrogens (tertiary/aromatic N) is 1. The fourth-order valence-corrected chi connectivity index (χ4v) is 3.95. The number of fused-ring (bicyclic) bond motifs is 1. The van der Waals surface area contributed by atoms with Crippen molar-refractivity contribution in [3.05, 3.63) is 53.1 Å². The number of aryl methyl sites for hydroxylation is 3. The van der Waals surface area contributed by atoms with Crippen LogP contribution in [0.5, 0.6) is 0 Å². The number of carbonyl (C=O) groups excluding carboxylic acids is 1. The lowest BCUT2D eigenvalue weighted by molar-refractivity contribution is -0.118. The van der Waals surface area contributed by atoms with Gasteiger partial charge in [-0.25, -0.2) is 8.42 Å². The molecule has 3 rings (SSSR count). The third-order valence-corrected chi connectivity index (χ3v) is 5.84. The van der Waals surface area contributed by atoms with E-state index >= 15 is 0 Å². The third kappa shape index (κ3) is 3.01. The molecule has 2 aromatic rings. The molecule has 5 nitrogen and oxygen atoms in total. The van der Waals surface area contributed by atoms with Gasteiger partial charge in [0.05, 0.1) is 4.90 Å². The maximum atomic E-state index is 12.6. The van der Waals surface area contributed by atoms with Crippen molar-refractivity contribution in [2.75, 3.05) is 16.7 Å². The molecule has 1 aliphatic rings. The SMILES string of the molecule is Cc1ccc(S(=O)(=O)Nc2ccc3c(c2)CCC(=O)N3C)cc1C. The van der Waals surface area contributed by atoms with E-state index in [9.17, 15) is 13.2 Å². The van der Waals surface area contributed by atoms with Crippen molar-refractivity contribution in [1.82, 2.24) is 0 Å². The van der Waals surface area contributed by atoms with Crippen LogP contribution < -0.4 is 9.62 Å². The topological polar surface area (TPSA) is 66.5 Å². The number of benzene rings is 2. The summed E-state index contributed by atoms with van der Waals surface area (Å²) in [6.45, 7) is 3.83. The molecule has 24 heavy (non-hydrogen) atoms. The fraction of sp³-hybridized carbons (Fsp3) is 0.278.